The number of tetrazole rings is 1. The first-order valence-electron chi connectivity index (χ1n) is 13.4. The first kappa shape index (κ1) is 27.2. The summed E-state index contributed by atoms with van der Waals surface area (Å²) in [5.41, 5.74) is 4.01. The van der Waals surface area contributed by atoms with Crippen LogP contribution in [-0.4, -0.2) is 53.0 Å². The SMILES string of the molecule is CCn1c(=O)n(CCOC)c(=O)c2c1nc(CC(C)(C)C)n2Cc1ccc(-c2ccccc2-c2nnn[nH]2)cc1. The van der Waals surface area contributed by atoms with Gasteiger partial charge in [-0.2, -0.15) is 0 Å². The monoisotopic (exact) mass is 542 g/mol. The van der Waals surface area contributed by atoms with E-state index in [0.29, 0.717) is 36.5 Å². The highest BCUT2D eigenvalue weighted by atomic mass is 16.5. The number of nitrogens with zero attached hydrogens (tertiary/aromatic N) is 7. The number of methoxy groups -OCH3 is 1. The predicted molar refractivity (Wildman–Crippen MR) is 153 cm³/mol. The molecule has 0 aliphatic heterocycles. The second kappa shape index (κ2) is 11.0. The molecule has 5 rings (SSSR count). The van der Waals surface area contributed by atoms with E-state index in [-0.39, 0.29) is 29.8 Å². The summed E-state index contributed by atoms with van der Waals surface area (Å²) in [7, 11) is 1.55. The van der Waals surface area contributed by atoms with Gasteiger partial charge in [0.1, 0.15) is 5.82 Å². The van der Waals surface area contributed by atoms with Crippen LogP contribution < -0.4 is 11.2 Å². The van der Waals surface area contributed by atoms with E-state index in [1.54, 1.807) is 11.7 Å². The fraction of sp³-hybridized carbons (Fsp3) is 0.379. The van der Waals surface area contributed by atoms with Crippen molar-refractivity contribution in [1.82, 2.24) is 39.3 Å². The Kier molecular flexibility index (Phi) is 7.49. The minimum atomic E-state index is -0.367. The Hall–Kier alpha value is -4.38. The maximum absolute atomic E-state index is 13.7. The van der Waals surface area contributed by atoms with Crippen LogP contribution in [0.2, 0.25) is 0 Å². The Morgan fingerprint density at radius 2 is 1.68 bits per heavy atom. The normalized spacial score (nSPS) is 11.9. The van der Waals surface area contributed by atoms with Crippen LogP contribution in [0.3, 0.4) is 0 Å². The van der Waals surface area contributed by atoms with Gasteiger partial charge in [-0.05, 0) is 39.5 Å². The highest BCUT2D eigenvalue weighted by Crippen LogP contribution is 2.30. The minimum absolute atomic E-state index is 0.0747. The number of H-pyrrole nitrogens is 1. The molecule has 0 saturated heterocycles. The third-order valence-corrected chi connectivity index (χ3v) is 6.85. The topological polar surface area (TPSA) is 126 Å². The molecule has 40 heavy (non-hydrogen) atoms. The van der Waals surface area contributed by atoms with Crippen molar-refractivity contribution in [2.75, 3.05) is 13.7 Å². The second-order valence-electron chi connectivity index (χ2n) is 11.0. The lowest BCUT2D eigenvalue weighted by atomic mass is 9.92. The van der Waals surface area contributed by atoms with E-state index >= 15 is 0 Å². The van der Waals surface area contributed by atoms with Crippen molar-refractivity contribution in [3.8, 4) is 22.5 Å². The maximum atomic E-state index is 13.7. The summed E-state index contributed by atoms with van der Waals surface area (Å²) in [6.45, 7) is 9.59. The fourth-order valence-electron chi connectivity index (χ4n) is 4.97. The summed E-state index contributed by atoms with van der Waals surface area (Å²) >= 11 is 0. The lowest BCUT2D eigenvalue weighted by molar-refractivity contribution is 0.184. The molecule has 0 bridgehead atoms. The second-order valence-corrected chi connectivity index (χ2v) is 11.0. The van der Waals surface area contributed by atoms with Crippen molar-refractivity contribution in [3.05, 3.63) is 80.8 Å². The highest BCUT2D eigenvalue weighted by molar-refractivity contribution is 5.80. The molecule has 2 aromatic carbocycles. The number of hydrogen-bond donors (Lipinski definition) is 1. The molecule has 1 N–H and O–H groups in total. The zero-order valence-electron chi connectivity index (χ0n) is 23.5. The molecule has 3 heterocycles. The molecule has 208 valence electrons. The van der Waals surface area contributed by atoms with Crippen molar-refractivity contribution in [1.29, 1.82) is 0 Å². The van der Waals surface area contributed by atoms with E-state index in [0.717, 1.165) is 28.1 Å². The van der Waals surface area contributed by atoms with Crippen molar-refractivity contribution in [3.63, 3.8) is 0 Å². The van der Waals surface area contributed by atoms with Crippen molar-refractivity contribution >= 4 is 11.2 Å². The van der Waals surface area contributed by atoms with Crippen LogP contribution in [0, 0.1) is 5.41 Å². The number of ether oxygens (including phenoxy) is 1. The molecular weight excluding hydrogens is 508 g/mol. The van der Waals surface area contributed by atoms with Gasteiger partial charge in [0.2, 0.25) is 0 Å². The molecule has 11 heteroatoms. The van der Waals surface area contributed by atoms with Crippen LogP contribution in [-0.2, 0) is 30.8 Å². The number of hydrogen-bond acceptors (Lipinski definition) is 7. The lowest BCUT2D eigenvalue weighted by Crippen LogP contribution is -2.41. The predicted octanol–water partition coefficient (Wildman–Crippen LogP) is 3.51. The van der Waals surface area contributed by atoms with E-state index in [2.05, 4.69) is 65.7 Å². The quantitative estimate of drug-likeness (QED) is 0.302. The van der Waals surface area contributed by atoms with Gasteiger partial charge in [0.25, 0.3) is 5.56 Å². The molecule has 0 aliphatic carbocycles. The Morgan fingerprint density at radius 1 is 0.950 bits per heavy atom. The third kappa shape index (κ3) is 5.24. The highest BCUT2D eigenvalue weighted by Gasteiger charge is 2.24. The van der Waals surface area contributed by atoms with E-state index in [9.17, 15) is 9.59 Å². The first-order valence-corrected chi connectivity index (χ1v) is 13.4. The molecule has 11 nitrogen and oxygen atoms in total. The number of nitrogens with one attached hydrogen (secondary N) is 1. The number of aromatic nitrogens is 8. The average molecular weight is 543 g/mol. The zero-order valence-corrected chi connectivity index (χ0v) is 23.5. The molecular formula is C29H34N8O3. The van der Waals surface area contributed by atoms with Gasteiger partial charge in [0, 0.05) is 32.2 Å². The van der Waals surface area contributed by atoms with Gasteiger partial charge in [-0.1, -0.05) is 69.3 Å². The Bertz CT molecular complexity index is 1740. The molecule has 0 amide bonds. The van der Waals surface area contributed by atoms with Gasteiger partial charge in [-0.3, -0.25) is 13.9 Å². The van der Waals surface area contributed by atoms with Gasteiger partial charge < -0.3 is 9.30 Å². The van der Waals surface area contributed by atoms with Crippen molar-refractivity contribution < 1.29 is 4.74 Å². The molecule has 3 aromatic heterocycles. The van der Waals surface area contributed by atoms with Crippen LogP contribution >= 0.6 is 0 Å². The molecule has 0 aliphatic rings. The molecule has 0 saturated carbocycles. The summed E-state index contributed by atoms with van der Waals surface area (Å²) in [5, 5.41) is 14.3. The Balaban J connectivity index is 1.60. The molecule has 0 fully saturated rings. The maximum Gasteiger partial charge on any atom is 0.332 e. The zero-order chi connectivity index (χ0) is 28.4. The van der Waals surface area contributed by atoms with Crippen molar-refractivity contribution in [2.45, 2.75) is 53.8 Å². The minimum Gasteiger partial charge on any atom is -0.383 e. The largest absolute Gasteiger partial charge is 0.383 e. The summed E-state index contributed by atoms with van der Waals surface area (Å²) in [4.78, 5) is 31.8. The summed E-state index contributed by atoms with van der Waals surface area (Å²) in [6.07, 6.45) is 0.647. The van der Waals surface area contributed by atoms with Gasteiger partial charge >= 0.3 is 5.69 Å². The molecule has 0 atom stereocenters. The smallest absolute Gasteiger partial charge is 0.332 e. The number of rotatable bonds is 9. The van der Waals surface area contributed by atoms with Gasteiger partial charge in [-0.25, -0.2) is 14.9 Å². The number of benzene rings is 2. The summed E-state index contributed by atoms with van der Waals surface area (Å²) < 4.78 is 9.98. The average Bonchev–Trinajstić information content (AvgIpc) is 3.58. The lowest BCUT2D eigenvalue weighted by Gasteiger charge is -2.19. The fourth-order valence-corrected chi connectivity index (χ4v) is 4.97. The number of imidazole rings is 1. The Morgan fingerprint density at radius 3 is 2.30 bits per heavy atom. The van der Waals surface area contributed by atoms with Gasteiger partial charge in [0.15, 0.2) is 17.0 Å². The Labute approximate surface area is 231 Å². The van der Waals surface area contributed by atoms with E-state index in [1.165, 1.54) is 4.57 Å². The van der Waals surface area contributed by atoms with Crippen LogP contribution in [0.1, 0.15) is 39.1 Å². The first-order chi connectivity index (χ1) is 19.2. The van der Waals surface area contributed by atoms with Gasteiger partial charge in [-0.15, -0.1) is 5.10 Å². The van der Waals surface area contributed by atoms with Crippen LogP contribution in [0.4, 0.5) is 0 Å². The molecule has 0 spiro atoms. The molecule has 0 radical (unpaired) electrons. The molecule has 0 unspecified atom stereocenters. The standard InChI is InChI=1S/C29H34N8O3/c1-6-35-26-24(27(38)36(28(35)39)15-16-40-5)37(23(30-26)17-29(2,3)4)18-19-11-13-20(14-12-19)21-9-7-8-10-22(21)25-31-33-34-32-25/h7-14H,6,15-18H2,1-5H3,(H,31,32,33,34). The third-order valence-electron chi connectivity index (χ3n) is 6.85. The van der Waals surface area contributed by atoms with E-state index < -0.39 is 0 Å². The van der Waals surface area contributed by atoms with E-state index in [4.69, 9.17) is 9.72 Å². The van der Waals surface area contributed by atoms with Crippen molar-refractivity contribution in [2.24, 2.45) is 5.41 Å². The number of fused-ring (bicyclic) bond motifs is 1. The summed E-state index contributed by atoms with van der Waals surface area (Å²) in [6, 6.07) is 16.2. The summed E-state index contributed by atoms with van der Waals surface area (Å²) in [5.74, 6) is 1.38. The van der Waals surface area contributed by atoms with Crippen LogP contribution in [0.25, 0.3) is 33.7 Å². The van der Waals surface area contributed by atoms with E-state index in [1.807, 2.05) is 35.8 Å². The van der Waals surface area contributed by atoms with Crippen LogP contribution in [0.5, 0.6) is 0 Å². The number of aromatic amines is 1. The molecule has 5 aromatic rings. The number of aryl methyl sites for hydroxylation is 1. The van der Waals surface area contributed by atoms with Crippen LogP contribution in [0.15, 0.2) is 58.1 Å². The van der Waals surface area contributed by atoms with Gasteiger partial charge in [0.05, 0.1) is 13.2 Å².